The maximum absolute atomic E-state index is 12.6. The molecule has 0 radical (unpaired) electrons. The number of hydrogen-bond acceptors (Lipinski definition) is 4. The van der Waals surface area contributed by atoms with Crippen LogP contribution in [0.3, 0.4) is 0 Å². The second-order valence-corrected chi connectivity index (χ2v) is 5.44. The van der Waals surface area contributed by atoms with Crippen LogP contribution in [0.25, 0.3) is 11.6 Å². The Labute approximate surface area is 147 Å². The molecular weight excluding hydrogens is 343 g/mol. The van der Waals surface area contributed by atoms with Gasteiger partial charge in [0.1, 0.15) is 6.07 Å². The van der Waals surface area contributed by atoms with E-state index in [1.165, 1.54) is 16.8 Å². The molecule has 0 spiro atoms. The molecule has 1 aromatic heterocycles. The van der Waals surface area contributed by atoms with Crippen molar-refractivity contribution in [1.29, 1.82) is 5.26 Å². The third-order valence-corrected chi connectivity index (χ3v) is 3.62. The van der Waals surface area contributed by atoms with Crippen molar-refractivity contribution >= 4 is 11.6 Å². The van der Waals surface area contributed by atoms with E-state index in [0.29, 0.717) is 5.56 Å². The standard InChI is InChI=1S/C18H12F3N5/c19-18(20,21)16-8-6-14(7-9-16)12-26-17(23-24-25-26)15(11-22)10-13-4-2-1-3-5-13/h1-10H,12H2. The number of allylic oxidation sites excluding steroid dienone is 1. The van der Waals surface area contributed by atoms with Crippen LogP contribution in [0.1, 0.15) is 22.5 Å². The Kier molecular flexibility index (Phi) is 4.80. The number of halogens is 3. The first-order valence-electron chi connectivity index (χ1n) is 7.57. The Balaban J connectivity index is 1.87. The van der Waals surface area contributed by atoms with Gasteiger partial charge in [-0.25, -0.2) is 4.68 Å². The lowest BCUT2D eigenvalue weighted by molar-refractivity contribution is -0.137. The van der Waals surface area contributed by atoms with Crippen molar-refractivity contribution in [1.82, 2.24) is 20.2 Å². The molecule has 0 aliphatic carbocycles. The second-order valence-electron chi connectivity index (χ2n) is 5.44. The molecule has 0 saturated carbocycles. The minimum absolute atomic E-state index is 0.147. The summed E-state index contributed by atoms with van der Waals surface area (Å²) in [4.78, 5) is 0. The molecule has 0 atom stereocenters. The monoisotopic (exact) mass is 355 g/mol. The van der Waals surface area contributed by atoms with Crippen LogP contribution in [0.2, 0.25) is 0 Å². The average Bonchev–Trinajstić information content (AvgIpc) is 3.08. The smallest absolute Gasteiger partial charge is 0.220 e. The zero-order valence-corrected chi connectivity index (χ0v) is 13.4. The summed E-state index contributed by atoms with van der Waals surface area (Å²) in [5, 5.41) is 20.7. The first kappa shape index (κ1) is 17.4. The summed E-state index contributed by atoms with van der Waals surface area (Å²) in [5.41, 5.74) is 0.935. The van der Waals surface area contributed by atoms with Gasteiger partial charge in [-0.05, 0) is 39.8 Å². The molecule has 3 rings (SSSR count). The first-order valence-corrected chi connectivity index (χ1v) is 7.57. The molecule has 0 amide bonds. The second kappa shape index (κ2) is 7.19. The molecule has 26 heavy (non-hydrogen) atoms. The van der Waals surface area contributed by atoms with Crippen molar-refractivity contribution < 1.29 is 13.2 Å². The van der Waals surface area contributed by atoms with Gasteiger partial charge >= 0.3 is 6.18 Å². The average molecular weight is 355 g/mol. The van der Waals surface area contributed by atoms with Gasteiger partial charge in [0.2, 0.25) is 0 Å². The van der Waals surface area contributed by atoms with Crippen LogP contribution in [0, 0.1) is 11.3 Å². The number of nitrogens with zero attached hydrogens (tertiary/aromatic N) is 5. The number of tetrazole rings is 1. The van der Waals surface area contributed by atoms with Gasteiger partial charge < -0.3 is 0 Å². The topological polar surface area (TPSA) is 67.4 Å². The van der Waals surface area contributed by atoms with E-state index in [-0.39, 0.29) is 17.9 Å². The summed E-state index contributed by atoms with van der Waals surface area (Å²) >= 11 is 0. The molecule has 0 N–H and O–H groups in total. The van der Waals surface area contributed by atoms with Crippen molar-refractivity contribution in [3.8, 4) is 6.07 Å². The zero-order valence-electron chi connectivity index (χ0n) is 13.4. The number of aromatic nitrogens is 4. The third kappa shape index (κ3) is 3.95. The summed E-state index contributed by atoms with van der Waals surface area (Å²) in [7, 11) is 0. The molecule has 0 aliphatic heterocycles. The highest BCUT2D eigenvalue weighted by molar-refractivity contribution is 5.86. The van der Waals surface area contributed by atoms with Crippen molar-refractivity contribution in [3.05, 3.63) is 77.1 Å². The molecule has 0 saturated heterocycles. The van der Waals surface area contributed by atoms with Gasteiger partial charge in [-0.1, -0.05) is 42.5 Å². The highest BCUT2D eigenvalue weighted by atomic mass is 19.4. The number of rotatable bonds is 4. The summed E-state index contributed by atoms with van der Waals surface area (Å²) in [6.07, 6.45) is -2.74. The maximum Gasteiger partial charge on any atom is 0.416 e. The molecule has 0 aliphatic rings. The maximum atomic E-state index is 12.6. The molecule has 2 aromatic carbocycles. The van der Waals surface area contributed by atoms with E-state index in [1.807, 2.05) is 30.3 Å². The Morgan fingerprint density at radius 3 is 2.38 bits per heavy atom. The van der Waals surface area contributed by atoms with Crippen LogP contribution in [-0.4, -0.2) is 20.2 Å². The number of alkyl halides is 3. The predicted molar refractivity (Wildman–Crippen MR) is 88.3 cm³/mol. The van der Waals surface area contributed by atoms with E-state index >= 15 is 0 Å². The van der Waals surface area contributed by atoms with Crippen LogP contribution in [0.15, 0.2) is 54.6 Å². The van der Waals surface area contributed by atoms with Crippen LogP contribution in [-0.2, 0) is 12.7 Å². The molecular formula is C18H12F3N5. The van der Waals surface area contributed by atoms with E-state index in [0.717, 1.165) is 17.7 Å². The normalized spacial score (nSPS) is 12.0. The predicted octanol–water partition coefficient (Wildman–Crippen LogP) is 3.80. The molecule has 0 unspecified atom stereocenters. The molecule has 0 fully saturated rings. The van der Waals surface area contributed by atoms with Crippen molar-refractivity contribution in [2.75, 3.05) is 0 Å². The van der Waals surface area contributed by atoms with E-state index < -0.39 is 11.7 Å². The fraction of sp³-hybridized carbons (Fsp3) is 0.111. The fourth-order valence-corrected chi connectivity index (χ4v) is 2.34. The lowest BCUT2D eigenvalue weighted by Gasteiger charge is -2.08. The summed E-state index contributed by atoms with van der Waals surface area (Å²) < 4.78 is 39.3. The van der Waals surface area contributed by atoms with Gasteiger partial charge in [0.25, 0.3) is 0 Å². The van der Waals surface area contributed by atoms with Crippen LogP contribution >= 0.6 is 0 Å². The summed E-state index contributed by atoms with van der Waals surface area (Å²) in [6, 6.07) is 16.0. The minimum Gasteiger partial charge on any atom is -0.220 e. The zero-order chi connectivity index (χ0) is 18.6. The van der Waals surface area contributed by atoms with Gasteiger partial charge in [0, 0.05) is 0 Å². The number of benzene rings is 2. The SMILES string of the molecule is N#CC(=Cc1ccccc1)c1nnnn1Cc1ccc(C(F)(F)F)cc1. The lowest BCUT2D eigenvalue weighted by Crippen LogP contribution is -2.08. The van der Waals surface area contributed by atoms with Crippen LogP contribution in [0.5, 0.6) is 0 Å². The van der Waals surface area contributed by atoms with Crippen LogP contribution < -0.4 is 0 Å². The highest BCUT2D eigenvalue weighted by Gasteiger charge is 2.29. The fourth-order valence-electron chi connectivity index (χ4n) is 2.34. The largest absolute Gasteiger partial charge is 0.416 e. The minimum atomic E-state index is -4.38. The van der Waals surface area contributed by atoms with Gasteiger partial charge in [-0.3, -0.25) is 0 Å². The van der Waals surface area contributed by atoms with E-state index in [2.05, 4.69) is 21.6 Å². The Morgan fingerprint density at radius 1 is 1.08 bits per heavy atom. The van der Waals surface area contributed by atoms with E-state index in [9.17, 15) is 18.4 Å². The number of hydrogen-bond donors (Lipinski definition) is 0. The molecule has 3 aromatic rings. The summed E-state index contributed by atoms with van der Waals surface area (Å²) in [5.74, 6) is 0.247. The summed E-state index contributed by atoms with van der Waals surface area (Å²) in [6.45, 7) is 0.147. The Morgan fingerprint density at radius 2 is 1.77 bits per heavy atom. The van der Waals surface area contributed by atoms with Gasteiger partial charge in [0.15, 0.2) is 5.82 Å². The van der Waals surface area contributed by atoms with Crippen molar-refractivity contribution in [2.45, 2.75) is 12.7 Å². The molecule has 5 nitrogen and oxygen atoms in total. The van der Waals surface area contributed by atoms with E-state index in [1.54, 1.807) is 6.08 Å². The quantitative estimate of drug-likeness (QED) is 0.668. The number of nitriles is 1. The van der Waals surface area contributed by atoms with Crippen molar-refractivity contribution in [2.24, 2.45) is 0 Å². The lowest BCUT2D eigenvalue weighted by atomic mass is 10.1. The third-order valence-electron chi connectivity index (χ3n) is 3.62. The van der Waals surface area contributed by atoms with Crippen molar-refractivity contribution in [3.63, 3.8) is 0 Å². The Bertz CT molecular complexity index is 951. The molecule has 130 valence electrons. The first-order chi connectivity index (χ1) is 12.5. The van der Waals surface area contributed by atoms with Gasteiger partial charge in [-0.15, -0.1) is 5.10 Å². The van der Waals surface area contributed by atoms with E-state index in [4.69, 9.17) is 0 Å². The highest BCUT2D eigenvalue weighted by Crippen LogP contribution is 2.29. The van der Waals surface area contributed by atoms with Crippen LogP contribution in [0.4, 0.5) is 13.2 Å². The van der Waals surface area contributed by atoms with Gasteiger partial charge in [0.05, 0.1) is 17.7 Å². The van der Waals surface area contributed by atoms with Gasteiger partial charge in [-0.2, -0.15) is 18.4 Å². The molecule has 0 bridgehead atoms. The Hall–Kier alpha value is -3.47. The molecule has 1 heterocycles. The molecule has 8 heteroatoms.